The summed E-state index contributed by atoms with van der Waals surface area (Å²) in [5, 5.41) is 0.676. The first-order valence-corrected chi connectivity index (χ1v) is 7.32. The molecular formula is C17H20ClFN2. The molecule has 0 aromatic heterocycles. The molecule has 0 radical (unpaired) electrons. The summed E-state index contributed by atoms with van der Waals surface area (Å²) in [6.45, 7) is 3.85. The van der Waals surface area contributed by atoms with Gasteiger partial charge in [-0.25, -0.2) is 4.39 Å². The Bertz CT molecular complexity index is 628. The molecule has 0 bridgehead atoms. The van der Waals surface area contributed by atoms with Crippen LogP contribution in [-0.4, -0.2) is 7.05 Å². The smallest absolute Gasteiger partial charge is 0.146 e. The summed E-state index contributed by atoms with van der Waals surface area (Å²) in [6, 6.07) is 12.3. The van der Waals surface area contributed by atoms with Crippen molar-refractivity contribution in [1.82, 2.24) is 0 Å². The Balaban J connectivity index is 2.45. The van der Waals surface area contributed by atoms with Gasteiger partial charge in [-0.05, 0) is 37.1 Å². The average molecular weight is 307 g/mol. The minimum Gasteiger partial charge on any atom is -0.365 e. The number of benzene rings is 2. The highest BCUT2D eigenvalue weighted by Crippen LogP contribution is 2.35. The Labute approximate surface area is 130 Å². The van der Waals surface area contributed by atoms with E-state index < -0.39 is 0 Å². The van der Waals surface area contributed by atoms with E-state index in [0.29, 0.717) is 10.7 Å². The highest BCUT2D eigenvalue weighted by atomic mass is 35.5. The predicted octanol–water partition coefficient (Wildman–Crippen LogP) is 4.70. The number of hydrogen-bond acceptors (Lipinski definition) is 2. The van der Waals surface area contributed by atoms with Crippen LogP contribution in [0, 0.1) is 5.82 Å². The van der Waals surface area contributed by atoms with E-state index in [0.717, 1.165) is 11.1 Å². The molecule has 4 heteroatoms. The molecule has 2 aromatic rings. The maximum atomic E-state index is 14.3. The molecule has 0 aliphatic carbocycles. The molecule has 2 nitrogen and oxygen atoms in total. The lowest BCUT2D eigenvalue weighted by Crippen LogP contribution is -2.25. The third kappa shape index (κ3) is 3.20. The number of rotatable bonds is 4. The SMILES string of the molecule is CC(c1ccccc1Cl)N(C)c1c(F)cccc1[C@@H](C)N. The molecule has 21 heavy (non-hydrogen) atoms. The molecule has 0 saturated carbocycles. The Morgan fingerprint density at radius 1 is 1.05 bits per heavy atom. The summed E-state index contributed by atoms with van der Waals surface area (Å²) < 4.78 is 14.3. The summed E-state index contributed by atoms with van der Waals surface area (Å²) in [4.78, 5) is 1.88. The van der Waals surface area contributed by atoms with Crippen molar-refractivity contribution in [3.63, 3.8) is 0 Å². The summed E-state index contributed by atoms with van der Waals surface area (Å²) in [5.41, 5.74) is 8.25. The largest absolute Gasteiger partial charge is 0.365 e. The molecule has 0 heterocycles. The van der Waals surface area contributed by atoms with Crippen LogP contribution in [0.5, 0.6) is 0 Å². The number of hydrogen-bond donors (Lipinski definition) is 1. The van der Waals surface area contributed by atoms with Gasteiger partial charge in [0, 0.05) is 18.1 Å². The first-order chi connectivity index (χ1) is 9.93. The van der Waals surface area contributed by atoms with Crippen LogP contribution in [0.25, 0.3) is 0 Å². The summed E-state index contributed by atoms with van der Waals surface area (Å²) >= 11 is 6.25. The van der Waals surface area contributed by atoms with Gasteiger partial charge in [-0.1, -0.05) is 41.9 Å². The van der Waals surface area contributed by atoms with Gasteiger partial charge in [0.15, 0.2) is 0 Å². The topological polar surface area (TPSA) is 29.3 Å². The van der Waals surface area contributed by atoms with Gasteiger partial charge in [0.05, 0.1) is 11.7 Å². The van der Waals surface area contributed by atoms with Gasteiger partial charge in [0.25, 0.3) is 0 Å². The zero-order chi connectivity index (χ0) is 15.6. The predicted molar refractivity (Wildman–Crippen MR) is 87.3 cm³/mol. The number of anilines is 1. The van der Waals surface area contributed by atoms with Crippen LogP contribution < -0.4 is 10.6 Å². The fourth-order valence-corrected chi connectivity index (χ4v) is 2.78. The molecule has 0 aliphatic heterocycles. The van der Waals surface area contributed by atoms with Gasteiger partial charge in [-0.2, -0.15) is 0 Å². The van der Waals surface area contributed by atoms with Crippen molar-refractivity contribution in [2.75, 3.05) is 11.9 Å². The second kappa shape index (κ2) is 6.46. The Hall–Kier alpha value is -1.58. The second-order valence-electron chi connectivity index (χ2n) is 5.27. The first kappa shape index (κ1) is 15.8. The minimum atomic E-state index is -0.272. The van der Waals surface area contributed by atoms with Crippen LogP contribution in [0.4, 0.5) is 10.1 Å². The van der Waals surface area contributed by atoms with E-state index in [1.807, 2.05) is 56.1 Å². The first-order valence-electron chi connectivity index (χ1n) is 6.94. The minimum absolute atomic E-state index is 0.0619. The average Bonchev–Trinajstić information content (AvgIpc) is 2.46. The standard InChI is InChI=1S/C17H20ClFN2/c1-11(20)13-8-6-10-16(19)17(13)21(3)12(2)14-7-4-5-9-15(14)18/h4-12H,20H2,1-3H3/t11-,12?/m1/s1. The van der Waals surface area contributed by atoms with Crippen LogP contribution >= 0.6 is 11.6 Å². The zero-order valence-electron chi connectivity index (χ0n) is 12.5. The summed E-state index contributed by atoms with van der Waals surface area (Å²) in [7, 11) is 1.86. The molecule has 2 aromatic carbocycles. The monoisotopic (exact) mass is 306 g/mol. The van der Waals surface area contributed by atoms with Gasteiger partial charge in [0.1, 0.15) is 5.82 Å². The van der Waals surface area contributed by atoms with E-state index in [1.165, 1.54) is 6.07 Å². The van der Waals surface area contributed by atoms with E-state index in [9.17, 15) is 4.39 Å². The molecular weight excluding hydrogens is 287 g/mol. The van der Waals surface area contributed by atoms with Crippen molar-refractivity contribution in [3.8, 4) is 0 Å². The van der Waals surface area contributed by atoms with E-state index in [2.05, 4.69) is 0 Å². The molecule has 112 valence electrons. The van der Waals surface area contributed by atoms with Crippen molar-refractivity contribution in [3.05, 3.63) is 64.4 Å². The lowest BCUT2D eigenvalue weighted by atomic mass is 10.0. The van der Waals surface area contributed by atoms with Crippen LogP contribution in [0.3, 0.4) is 0 Å². The Kier molecular flexibility index (Phi) is 4.86. The Morgan fingerprint density at radius 2 is 1.67 bits per heavy atom. The molecule has 0 saturated heterocycles. The van der Waals surface area contributed by atoms with Gasteiger partial charge < -0.3 is 10.6 Å². The molecule has 0 aliphatic rings. The van der Waals surface area contributed by atoms with Crippen molar-refractivity contribution >= 4 is 17.3 Å². The van der Waals surface area contributed by atoms with Crippen LogP contribution in [0.15, 0.2) is 42.5 Å². The highest BCUT2D eigenvalue weighted by molar-refractivity contribution is 6.31. The van der Waals surface area contributed by atoms with Gasteiger partial charge in [-0.3, -0.25) is 0 Å². The number of para-hydroxylation sites is 1. The lowest BCUT2D eigenvalue weighted by Gasteiger charge is -2.31. The van der Waals surface area contributed by atoms with Crippen molar-refractivity contribution < 1.29 is 4.39 Å². The quantitative estimate of drug-likeness (QED) is 0.887. The van der Waals surface area contributed by atoms with Gasteiger partial charge in [-0.15, -0.1) is 0 Å². The summed E-state index contributed by atoms with van der Waals surface area (Å²) in [6.07, 6.45) is 0. The van der Waals surface area contributed by atoms with E-state index >= 15 is 0 Å². The van der Waals surface area contributed by atoms with Gasteiger partial charge in [0.2, 0.25) is 0 Å². The second-order valence-corrected chi connectivity index (χ2v) is 5.68. The fourth-order valence-electron chi connectivity index (χ4n) is 2.49. The molecule has 2 atom stereocenters. The molecule has 1 unspecified atom stereocenters. The van der Waals surface area contributed by atoms with Crippen molar-refractivity contribution in [2.45, 2.75) is 25.9 Å². The normalized spacial score (nSPS) is 13.8. The maximum absolute atomic E-state index is 14.3. The molecule has 2 N–H and O–H groups in total. The highest BCUT2D eigenvalue weighted by Gasteiger charge is 2.21. The van der Waals surface area contributed by atoms with Crippen molar-refractivity contribution in [2.24, 2.45) is 5.73 Å². The third-order valence-electron chi connectivity index (χ3n) is 3.80. The van der Waals surface area contributed by atoms with E-state index in [4.69, 9.17) is 17.3 Å². The number of nitrogens with two attached hydrogens (primary N) is 1. The molecule has 0 amide bonds. The summed E-state index contributed by atoms with van der Waals surface area (Å²) in [5.74, 6) is -0.272. The van der Waals surface area contributed by atoms with Crippen LogP contribution in [0.1, 0.15) is 37.1 Å². The molecule has 0 fully saturated rings. The zero-order valence-corrected chi connectivity index (χ0v) is 13.2. The van der Waals surface area contributed by atoms with E-state index in [1.54, 1.807) is 6.07 Å². The molecule has 0 spiro atoms. The fraction of sp³-hybridized carbons (Fsp3) is 0.294. The third-order valence-corrected chi connectivity index (χ3v) is 4.14. The number of nitrogens with zero attached hydrogens (tertiary/aromatic N) is 1. The maximum Gasteiger partial charge on any atom is 0.146 e. The van der Waals surface area contributed by atoms with E-state index in [-0.39, 0.29) is 17.9 Å². The van der Waals surface area contributed by atoms with Crippen LogP contribution in [-0.2, 0) is 0 Å². The molecule has 2 rings (SSSR count). The Morgan fingerprint density at radius 3 is 2.29 bits per heavy atom. The van der Waals surface area contributed by atoms with Crippen LogP contribution in [0.2, 0.25) is 5.02 Å². The number of halogens is 2. The lowest BCUT2D eigenvalue weighted by molar-refractivity contribution is 0.604. The van der Waals surface area contributed by atoms with Gasteiger partial charge >= 0.3 is 0 Å². The van der Waals surface area contributed by atoms with Crippen molar-refractivity contribution in [1.29, 1.82) is 0 Å².